The average Bonchev–Trinajstić information content (AvgIpc) is 2.07. The summed E-state index contributed by atoms with van der Waals surface area (Å²) < 4.78 is 8.41. The standard InChI is InChI=1S/C9H10IO.BrH/c1-3-10-8-4-6-9(11-2)7-5-8;/h3-7H,1H2,2H3;1H/q+1;/p-1. The van der Waals surface area contributed by atoms with Crippen LogP contribution >= 0.6 is 0 Å². The molecule has 3 heteroatoms. The van der Waals surface area contributed by atoms with Crippen LogP contribution in [0.15, 0.2) is 34.9 Å². The lowest BCUT2D eigenvalue weighted by Gasteiger charge is -1.94. The highest BCUT2D eigenvalue weighted by atomic mass is 127. The summed E-state index contributed by atoms with van der Waals surface area (Å²) in [6.45, 7) is 3.72. The Labute approximate surface area is 93.8 Å². The first-order valence-electron chi connectivity index (χ1n) is 3.25. The Bertz CT molecular complexity index is 233. The van der Waals surface area contributed by atoms with Crippen LogP contribution in [-0.2, 0) is 0 Å². The fourth-order valence-corrected chi connectivity index (χ4v) is 2.02. The van der Waals surface area contributed by atoms with E-state index in [-0.39, 0.29) is 38.2 Å². The van der Waals surface area contributed by atoms with E-state index in [0.29, 0.717) is 0 Å². The summed E-state index contributed by atoms with van der Waals surface area (Å²) in [4.78, 5) is 0. The lowest BCUT2D eigenvalue weighted by atomic mass is 10.3. The highest BCUT2D eigenvalue weighted by Crippen LogP contribution is 2.05. The van der Waals surface area contributed by atoms with Crippen molar-refractivity contribution >= 4 is 0 Å². The number of ether oxygens (including phenoxy) is 1. The van der Waals surface area contributed by atoms with Gasteiger partial charge in [-0.25, -0.2) is 0 Å². The van der Waals surface area contributed by atoms with E-state index in [1.54, 1.807) is 7.11 Å². The number of hydrogen-bond donors (Lipinski definition) is 0. The fourth-order valence-electron chi connectivity index (χ4n) is 0.733. The Balaban J connectivity index is 0.00000121. The Morgan fingerprint density at radius 2 is 1.92 bits per heavy atom. The summed E-state index contributed by atoms with van der Waals surface area (Å²) >= 11 is 0.0202. The molecule has 0 fully saturated rings. The van der Waals surface area contributed by atoms with E-state index < -0.39 is 0 Å². The van der Waals surface area contributed by atoms with E-state index >= 15 is 0 Å². The maximum atomic E-state index is 5.03. The van der Waals surface area contributed by atoms with Crippen molar-refractivity contribution in [2.45, 2.75) is 0 Å². The van der Waals surface area contributed by atoms with Gasteiger partial charge in [0, 0.05) is 0 Å². The van der Waals surface area contributed by atoms with Gasteiger partial charge in [-0.15, -0.1) is 0 Å². The summed E-state index contributed by atoms with van der Waals surface area (Å²) in [6.07, 6.45) is 0. The molecule has 1 rings (SSSR count). The molecule has 0 saturated heterocycles. The van der Waals surface area contributed by atoms with Crippen molar-refractivity contribution in [1.29, 1.82) is 0 Å². The first kappa shape index (κ1) is 12.0. The van der Waals surface area contributed by atoms with Gasteiger partial charge in [0.2, 0.25) is 0 Å². The zero-order valence-electron chi connectivity index (χ0n) is 6.76. The van der Waals surface area contributed by atoms with Gasteiger partial charge in [0.25, 0.3) is 0 Å². The van der Waals surface area contributed by atoms with Crippen LogP contribution in [0.1, 0.15) is 0 Å². The predicted molar refractivity (Wildman–Crippen MR) is 41.9 cm³/mol. The van der Waals surface area contributed by atoms with Crippen LogP contribution in [0.5, 0.6) is 5.75 Å². The van der Waals surface area contributed by atoms with Crippen LogP contribution in [0.4, 0.5) is 0 Å². The summed E-state index contributed by atoms with van der Waals surface area (Å²) in [5.41, 5.74) is 0. The van der Waals surface area contributed by atoms with Crippen LogP contribution in [0.25, 0.3) is 0 Å². The number of halogens is 2. The minimum absolute atomic E-state index is 0. The van der Waals surface area contributed by atoms with Crippen LogP contribution < -0.4 is 42.9 Å². The molecule has 0 heterocycles. The van der Waals surface area contributed by atoms with Crippen LogP contribution in [0.3, 0.4) is 0 Å². The van der Waals surface area contributed by atoms with Crippen molar-refractivity contribution in [2.75, 3.05) is 7.11 Å². The largest absolute Gasteiger partial charge is 1.00 e. The molecule has 0 radical (unpaired) electrons. The quantitative estimate of drug-likeness (QED) is 0.511. The smallest absolute Gasteiger partial charge is 0.348 e. The monoisotopic (exact) mass is 340 g/mol. The molecule has 0 aliphatic carbocycles. The molecule has 12 heavy (non-hydrogen) atoms. The molecule has 0 spiro atoms. The molecule has 0 N–H and O–H groups in total. The Morgan fingerprint density at radius 3 is 2.33 bits per heavy atom. The minimum atomic E-state index is 0. The molecule has 0 amide bonds. The molecular formula is C9H10BrIO. The van der Waals surface area contributed by atoms with Gasteiger partial charge in [-0.05, 0) is 24.3 Å². The summed E-state index contributed by atoms with van der Waals surface area (Å²) in [5.74, 6) is 0.918. The van der Waals surface area contributed by atoms with E-state index in [1.165, 1.54) is 3.57 Å². The molecule has 1 aromatic rings. The second kappa shape index (κ2) is 6.48. The SMILES string of the molecule is C=C[I+]c1ccc(OC)cc1.[Br-]. The average molecular weight is 341 g/mol. The Kier molecular flexibility index (Phi) is 6.47. The van der Waals surface area contributed by atoms with Crippen LogP contribution in [0.2, 0.25) is 0 Å². The van der Waals surface area contributed by atoms with Crippen molar-refractivity contribution in [3.8, 4) is 5.75 Å². The van der Waals surface area contributed by atoms with E-state index in [0.717, 1.165) is 5.75 Å². The van der Waals surface area contributed by atoms with Gasteiger partial charge in [0.1, 0.15) is 5.75 Å². The summed E-state index contributed by atoms with van der Waals surface area (Å²) in [6, 6.07) is 8.15. The van der Waals surface area contributed by atoms with E-state index in [4.69, 9.17) is 4.74 Å². The van der Waals surface area contributed by atoms with Crippen molar-refractivity contribution in [1.82, 2.24) is 0 Å². The third-order valence-electron chi connectivity index (χ3n) is 1.25. The third-order valence-corrected chi connectivity index (χ3v) is 3.13. The van der Waals surface area contributed by atoms with Gasteiger partial charge in [0.15, 0.2) is 7.65 Å². The highest BCUT2D eigenvalue weighted by molar-refractivity contribution is 5.20. The maximum absolute atomic E-state index is 5.03. The molecule has 0 aromatic heterocycles. The molecule has 1 nitrogen and oxygen atoms in total. The van der Waals surface area contributed by atoms with Crippen molar-refractivity contribution in [2.24, 2.45) is 0 Å². The second-order valence-electron chi connectivity index (χ2n) is 1.92. The van der Waals surface area contributed by atoms with Gasteiger partial charge in [-0.1, -0.05) is 6.58 Å². The van der Waals surface area contributed by atoms with Crippen LogP contribution in [0, 0.1) is 3.57 Å². The van der Waals surface area contributed by atoms with Crippen LogP contribution in [-0.4, -0.2) is 7.11 Å². The molecule has 0 unspecified atom stereocenters. The highest BCUT2D eigenvalue weighted by Gasteiger charge is 2.04. The molecule has 1 aromatic carbocycles. The number of rotatable bonds is 3. The topological polar surface area (TPSA) is 9.23 Å². The van der Waals surface area contributed by atoms with Crippen molar-refractivity contribution in [3.63, 3.8) is 0 Å². The molecular weight excluding hydrogens is 331 g/mol. The van der Waals surface area contributed by atoms with Gasteiger partial charge in [-0.2, -0.15) is 0 Å². The molecule has 0 bridgehead atoms. The maximum Gasteiger partial charge on any atom is 0.348 e. The van der Waals surface area contributed by atoms with E-state index in [9.17, 15) is 0 Å². The number of methoxy groups -OCH3 is 1. The van der Waals surface area contributed by atoms with E-state index in [2.05, 4.69) is 18.7 Å². The van der Waals surface area contributed by atoms with Crippen molar-refractivity contribution in [3.05, 3.63) is 38.5 Å². The Morgan fingerprint density at radius 1 is 1.33 bits per heavy atom. The van der Waals surface area contributed by atoms with E-state index in [1.807, 2.05) is 16.2 Å². The van der Waals surface area contributed by atoms with Gasteiger partial charge >= 0.3 is 21.2 Å². The molecule has 0 aliphatic rings. The fraction of sp³-hybridized carbons (Fsp3) is 0.111. The van der Waals surface area contributed by atoms with Crippen molar-refractivity contribution < 1.29 is 42.9 Å². The van der Waals surface area contributed by atoms with Gasteiger partial charge in [0.05, 0.1) is 7.11 Å². The lowest BCUT2D eigenvalue weighted by molar-refractivity contribution is -0.556. The zero-order valence-corrected chi connectivity index (χ0v) is 10.5. The Hall–Kier alpha value is -0.0300. The number of hydrogen-bond acceptors (Lipinski definition) is 1. The molecule has 66 valence electrons. The molecule has 0 atom stereocenters. The lowest BCUT2D eigenvalue weighted by Crippen LogP contribution is -3.58. The first-order chi connectivity index (χ1) is 5.36. The van der Waals surface area contributed by atoms with Gasteiger partial charge in [-0.3, -0.25) is 0 Å². The predicted octanol–water partition coefficient (Wildman–Crippen LogP) is -3.90. The second-order valence-corrected chi connectivity index (χ2v) is 4.67. The summed E-state index contributed by atoms with van der Waals surface area (Å²) in [5, 5.41) is 0. The summed E-state index contributed by atoms with van der Waals surface area (Å²) in [7, 11) is 1.68. The third kappa shape index (κ3) is 3.58. The molecule has 0 saturated carbocycles. The zero-order chi connectivity index (χ0) is 8.10. The van der Waals surface area contributed by atoms with Gasteiger partial charge < -0.3 is 21.7 Å². The number of benzene rings is 1. The molecule has 0 aliphatic heterocycles. The minimum Gasteiger partial charge on any atom is -1.00 e. The first-order valence-corrected chi connectivity index (χ1v) is 5.57. The normalized spacial score (nSPS) is 8.42.